The Morgan fingerprint density at radius 3 is 2.29 bits per heavy atom. The van der Waals surface area contributed by atoms with Crippen LogP contribution in [0.15, 0.2) is 22.8 Å². The number of aliphatic hydroxyl groups is 1. The van der Waals surface area contributed by atoms with Crippen LogP contribution < -0.4 is 0 Å². The molecule has 1 atom stereocenters. The number of hydrogen-bond donors (Lipinski definition) is 2. The molecule has 0 spiro atoms. The monoisotopic (exact) mass is 210 g/mol. The maximum Gasteiger partial charge on any atom is 0.435 e. The van der Waals surface area contributed by atoms with Gasteiger partial charge in [0.15, 0.2) is 5.76 Å². The average molecular weight is 210 g/mol. The number of alkyl halides is 3. The third-order valence-electron chi connectivity index (χ3n) is 1.60. The number of carbonyl (C=O) groups is 1. The molecule has 1 unspecified atom stereocenters. The fourth-order valence-electron chi connectivity index (χ4n) is 0.851. The lowest BCUT2D eigenvalue weighted by molar-refractivity contribution is -0.270. The van der Waals surface area contributed by atoms with E-state index in [-0.39, 0.29) is 0 Å². The predicted molar refractivity (Wildman–Crippen MR) is 36.3 cm³/mol. The summed E-state index contributed by atoms with van der Waals surface area (Å²) in [5.74, 6) is -3.50. The number of aliphatic carboxylic acids is 1. The second-order valence-electron chi connectivity index (χ2n) is 2.49. The number of carboxylic acid groups (broad SMARTS) is 1. The summed E-state index contributed by atoms with van der Waals surface area (Å²) in [6.45, 7) is 0. The van der Waals surface area contributed by atoms with Gasteiger partial charge in [-0.2, -0.15) is 13.2 Å². The van der Waals surface area contributed by atoms with Gasteiger partial charge in [-0.05, 0) is 12.1 Å². The SMILES string of the molecule is O=C(O)C(O)(c1ccco1)C(F)(F)F. The van der Waals surface area contributed by atoms with Crippen LogP contribution in [-0.2, 0) is 10.4 Å². The summed E-state index contributed by atoms with van der Waals surface area (Å²) in [5, 5.41) is 17.3. The average Bonchev–Trinajstić information content (AvgIpc) is 2.52. The number of halogens is 3. The molecule has 2 N–H and O–H groups in total. The minimum Gasteiger partial charge on any atom is -0.478 e. The van der Waals surface area contributed by atoms with Gasteiger partial charge in [0.1, 0.15) is 0 Å². The standard InChI is InChI=1S/C7H5F3O4/c8-7(9,10)6(13,5(11)12)4-2-1-3-14-4/h1-3,13H,(H,11,12). The quantitative estimate of drug-likeness (QED) is 0.767. The van der Waals surface area contributed by atoms with Crippen molar-refractivity contribution in [2.45, 2.75) is 11.8 Å². The van der Waals surface area contributed by atoms with Crippen molar-refractivity contribution in [2.24, 2.45) is 0 Å². The number of furan rings is 1. The third-order valence-corrected chi connectivity index (χ3v) is 1.60. The highest BCUT2D eigenvalue weighted by Crippen LogP contribution is 2.39. The molecule has 1 heterocycles. The van der Waals surface area contributed by atoms with Gasteiger partial charge in [0.25, 0.3) is 0 Å². The van der Waals surface area contributed by atoms with Gasteiger partial charge < -0.3 is 14.6 Å². The van der Waals surface area contributed by atoms with Crippen LogP contribution in [0.1, 0.15) is 5.76 Å². The molecule has 14 heavy (non-hydrogen) atoms. The van der Waals surface area contributed by atoms with E-state index in [0.29, 0.717) is 0 Å². The van der Waals surface area contributed by atoms with Crippen molar-refractivity contribution in [3.05, 3.63) is 24.2 Å². The second kappa shape index (κ2) is 3.02. The fraction of sp³-hybridized carbons (Fsp3) is 0.286. The summed E-state index contributed by atoms with van der Waals surface area (Å²) in [4.78, 5) is 10.3. The molecular weight excluding hydrogens is 205 g/mol. The van der Waals surface area contributed by atoms with Crippen molar-refractivity contribution >= 4 is 5.97 Å². The van der Waals surface area contributed by atoms with Gasteiger partial charge in [-0.1, -0.05) is 0 Å². The first-order valence-corrected chi connectivity index (χ1v) is 3.36. The van der Waals surface area contributed by atoms with E-state index in [0.717, 1.165) is 18.4 Å². The Morgan fingerprint density at radius 2 is 2.00 bits per heavy atom. The largest absolute Gasteiger partial charge is 0.478 e. The van der Waals surface area contributed by atoms with Crippen LogP contribution in [0.5, 0.6) is 0 Å². The summed E-state index contributed by atoms with van der Waals surface area (Å²) in [6, 6.07) is 1.79. The smallest absolute Gasteiger partial charge is 0.435 e. The maximum absolute atomic E-state index is 12.2. The molecule has 0 aliphatic rings. The van der Waals surface area contributed by atoms with Crippen LogP contribution in [-0.4, -0.2) is 22.4 Å². The van der Waals surface area contributed by atoms with E-state index in [9.17, 15) is 18.0 Å². The highest BCUT2D eigenvalue weighted by Gasteiger charge is 2.63. The normalized spacial score (nSPS) is 16.3. The van der Waals surface area contributed by atoms with E-state index in [1.807, 2.05) is 0 Å². The maximum atomic E-state index is 12.2. The Bertz CT molecular complexity index is 329. The topological polar surface area (TPSA) is 70.7 Å². The molecule has 0 bridgehead atoms. The first-order valence-electron chi connectivity index (χ1n) is 3.36. The highest BCUT2D eigenvalue weighted by molar-refractivity contribution is 5.79. The zero-order chi connectivity index (χ0) is 11.0. The van der Waals surface area contributed by atoms with E-state index in [1.54, 1.807) is 0 Å². The van der Waals surface area contributed by atoms with Crippen LogP contribution in [0.3, 0.4) is 0 Å². The Labute approximate surface area is 75.6 Å². The summed E-state index contributed by atoms with van der Waals surface area (Å²) >= 11 is 0. The zero-order valence-electron chi connectivity index (χ0n) is 6.58. The Kier molecular flexibility index (Phi) is 2.28. The van der Waals surface area contributed by atoms with Crippen LogP contribution in [0, 0.1) is 0 Å². The zero-order valence-corrected chi connectivity index (χ0v) is 6.58. The first-order chi connectivity index (χ1) is 6.30. The molecule has 0 aromatic carbocycles. The van der Waals surface area contributed by atoms with Crippen molar-refractivity contribution in [3.63, 3.8) is 0 Å². The molecule has 1 aromatic rings. The van der Waals surface area contributed by atoms with E-state index in [4.69, 9.17) is 10.2 Å². The minimum atomic E-state index is -5.34. The summed E-state index contributed by atoms with van der Waals surface area (Å²) in [6.07, 6.45) is -4.49. The van der Waals surface area contributed by atoms with Crippen LogP contribution in [0.25, 0.3) is 0 Å². The second-order valence-corrected chi connectivity index (χ2v) is 2.49. The number of hydrogen-bond acceptors (Lipinski definition) is 3. The van der Waals surface area contributed by atoms with Crippen molar-refractivity contribution < 1.29 is 32.6 Å². The molecule has 78 valence electrons. The van der Waals surface area contributed by atoms with Gasteiger partial charge in [0, 0.05) is 0 Å². The van der Waals surface area contributed by atoms with E-state index in [2.05, 4.69) is 4.42 Å². The lowest BCUT2D eigenvalue weighted by Gasteiger charge is -2.23. The molecule has 4 nitrogen and oxygen atoms in total. The van der Waals surface area contributed by atoms with E-state index >= 15 is 0 Å². The van der Waals surface area contributed by atoms with Crippen molar-refractivity contribution in [2.75, 3.05) is 0 Å². The Hall–Kier alpha value is -1.50. The molecule has 0 aliphatic heterocycles. The van der Waals surface area contributed by atoms with E-state index < -0.39 is 23.5 Å². The lowest BCUT2D eigenvalue weighted by atomic mass is 10.0. The lowest BCUT2D eigenvalue weighted by Crippen LogP contribution is -2.48. The Morgan fingerprint density at radius 1 is 1.43 bits per heavy atom. The van der Waals surface area contributed by atoms with Gasteiger partial charge in [-0.25, -0.2) is 4.79 Å². The molecule has 1 aromatic heterocycles. The molecule has 0 saturated heterocycles. The molecule has 0 radical (unpaired) electrons. The summed E-state index contributed by atoms with van der Waals surface area (Å²) in [5.41, 5.74) is -3.99. The van der Waals surface area contributed by atoms with Gasteiger partial charge >= 0.3 is 17.7 Å². The molecule has 1 rings (SSSR count). The predicted octanol–water partition coefficient (Wildman–Crippen LogP) is 1.11. The summed E-state index contributed by atoms with van der Waals surface area (Å²) < 4.78 is 40.9. The Balaban J connectivity index is 3.27. The number of rotatable bonds is 2. The molecular formula is C7H5F3O4. The highest BCUT2D eigenvalue weighted by atomic mass is 19.4. The van der Waals surface area contributed by atoms with Gasteiger partial charge in [0.2, 0.25) is 0 Å². The molecule has 0 fully saturated rings. The van der Waals surface area contributed by atoms with Gasteiger partial charge in [-0.15, -0.1) is 0 Å². The minimum absolute atomic E-state index is 0.738. The molecule has 0 saturated carbocycles. The van der Waals surface area contributed by atoms with Crippen LogP contribution in [0.4, 0.5) is 13.2 Å². The number of carboxylic acids is 1. The van der Waals surface area contributed by atoms with Gasteiger partial charge in [0.05, 0.1) is 6.26 Å². The van der Waals surface area contributed by atoms with E-state index in [1.165, 1.54) is 0 Å². The van der Waals surface area contributed by atoms with Gasteiger partial charge in [-0.3, -0.25) is 0 Å². The molecule has 7 heteroatoms. The van der Waals surface area contributed by atoms with Crippen molar-refractivity contribution in [1.29, 1.82) is 0 Å². The molecule has 0 amide bonds. The van der Waals surface area contributed by atoms with Crippen molar-refractivity contribution in [1.82, 2.24) is 0 Å². The van der Waals surface area contributed by atoms with Crippen LogP contribution in [0.2, 0.25) is 0 Å². The van der Waals surface area contributed by atoms with Crippen LogP contribution >= 0.6 is 0 Å². The molecule has 0 aliphatic carbocycles. The summed E-state index contributed by atoms with van der Waals surface area (Å²) in [7, 11) is 0. The first kappa shape index (κ1) is 10.6. The third kappa shape index (κ3) is 1.35. The van der Waals surface area contributed by atoms with Crippen molar-refractivity contribution in [3.8, 4) is 0 Å². The fourth-order valence-corrected chi connectivity index (χ4v) is 0.851.